The van der Waals surface area contributed by atoms with Crippen molar-refractivity contribution in [2.75, 3.05) is 6.54 Å². The van der Waals surface area contributed by atoms with Gasteiger partial charge in [0.1, 0.15) is 5.82 Å². The van der Waals surface area contributed by atoms with E-state index in [9.17, 15) is 4.39 Å². The molecule has 1 N–H and O–H groups in total. The molecule has 0 saturated carbocycles. The maximum Gasteiger partial charge on any atom is 0.147 e. The van der Waals surface area contributed by atoms with Gasteiger partial charge in [-0.15, -0.1) is 0 Å². The molecule has 1 heterocycles. The van der Waals surface area contributed by atoms with Crippen molar-refractivity contribution < 1.29 is 4.39 Å². The minimum atomic E-state index is -0.296. The number of halogens is 3. The van der Waals surface area contributed by atoms with Crippen LogP contribution in [-0.4, -0.2) is 6.54 Å². The zero-order valence-corrected chi connectivity index (χ0v) is 11.2. The van der Waals surface area contributed by atoms with Gasteiger partial charge in [0.15, 0.2) is 0 Å². The van der Waals surface area contributed by atoms with Crippen molar-refractivity contribution in [1.82, 2.24) is 5.32 Å². The Bertz CT molecular complexity index is 376. The van der Waals surface area contributed by atoms with Crippen molar-refractivity contribution in [3.8, 4) is 0 Å². The molecule has 1 aromatic carbocycles. The smallest absolute Gasteiger partial charge is 0.147 e. The van der Waals surface area contributed by atoms with Gasteiger partial charge in [0, 0.05) is 16.1 Å². The van der Waals surface area contributed by atoms with Crippen LogP contribution in [0.1, 0.15) is 37.3 Å². The fourth-order valence-electron chi connectivity index (χ4n) is 2.10. The van der Waals surface area contributed by atoms with Gasteiger partial charge >= 0.3 is 0 Å². The third-order valence-corrected chi connectivity index (χ3v) is 4.26. The Hall–Kier alpha value is -0.120. The van der Waals surface area contributed by atoms with Gasteiger partial charge in [-0.05, 0) is 41.4 Å². The second kappa shape index (κ2) is 5.48. The zero-order valence-electron chi connectivity index (χ0n) is 8.90. The molecule has 1 aliphatic heterocycles. The summed E-state index contributed by atoms with van der Waals surface area (Å²) in [4.78, 5) is 0. The van der Waals surface area contributed by atoms with E-state index in [4.69, 9.17) is 11.6 Å². The lowest BCUT2D eigenvalue weighted by molar-refractivity contribution is 0.499. The summed E-state index contributed by atoms with van der Waals surface area (Å²) in [6.07, 6.45) is 4.51. The van der Waals surface area contributed by atoms with E-state index in [-0.39, 0.29) is 16.9 Å². The highest BCUT2D eigenvalue weighted by molar-refractivity contribution is 9.10. The van der Waals surface area contributed by atoms with Crippen LogP contribution in [0.4, 0.5) is 4.39 Å². The molecule has 1 aromatic rings. The fraction of sp³-hybridized carbons (Fsp3) is 0.500. The average molecular weight is 307 g/mol. The van der Waals surface area contributed by atoms with E-state index in [1.54, 1.807) is 0 Å². The SMILES string of the molecule is Fc1c(C2CCCCCN2)ccc(Br)c1Cl. The molecule has 0 bridgehead atoms. The molecule has 1 aliphatic rings. The molecule has 0 aliphatic carbocycles. The molecule has 1 fully saturated rings. The number of rotatable bonds is 1. The topological polar surface area (TPSA) is 12.0 Å². The van der Waals surface area contributed by atoms with Crippen molar-refractivity contribution in [3.63, 3.8) is 0 Å². The molecule has 1 atom stereocenters. The highest BCUT2D eigenvalue weighted by atomic mass is 79.9. The van der Waals surface area contributed by atoms with Gasteiger partial charge in [0.2, 0.25) is 0 Å². The predicted molar refractivity (Wildman–Crippen MR) is 68.3 cm³/mol. The summed E-state index contributed by atoms with van der Waals surface area (Å²) in [7, 11) is 0. The van der Waals surface area contributed by atoms with Gasteiger partial charge in [-0.1, -0.05) is 30.5 Å². The summed E-state index contributed by atoms with van der Waals surface area (Å²) >= 11 is 9.12. The molecule has 0 spiro atoms. The van der Waals surface area contributed by atoms with Gasteiger partial charge < -0.3 is 5.32 Å². The first kappa shape index (κ1) is 12.3. The molecular weight excluding hydrogens is 292 g/mol. The first-order valence-corrected chi connectivity index (χ1v) is 6.74. The lowest BCUT2D eigenvalue weighted by Crippen LogP contribution is -2.21. The number of hydrogen-bond acceptors (Lipinski definition) is 1. The Kier molecular flexibility index (Phi) is 4.22. The van der Waals surface area contributed by atoms with Crippen molar-refractivity contribution in [2.45, 2.75) is 31.7 Å². The highest BCUT2D eigenvalue weighted by Gasteiger charge is 2.19. The Morgan fingerprint density at radius 3 is 2.94 bits per heavy atom. The van der Waals surface area contributed by atoms with Crippen molar-refractivity contribution in [3.05, 3.63) is 33.0 Å². The van der Waals surface area contributed by atoms with E-state index in [0.717, 1.165) is 19.4 Å². The normalized spacial score (nSPS) is 21.8. The van der Waals surface area contributed by atoms with E-state index < -0.39 is 0 Å². The lowest BCUT2D eigenvalue weighted by Gasteiger charge is -2.17. The third kappa shape index (κ3) is 2.58. The van der Waals surface area contributed by atoms with Crippen LogP contribution < -0.4 is 5.32 Å². The Balaban J connectivity index is 2.28. The summed E-state index contributed by atoms with van der Waals surface area (Å²) in [6, 6.07) is 3.73. The highest BCUT2D eigenvalue weighted by Crippen LogP contribution is 2.32. The Labute approximate surface area is 109 Å². The summed E-state index contributed by atoms with van der Waals surface area (Å²) in [6.45, 7) is 0.956. The van der Waals surface area contributed by atoms with E-state index >= 15 is 0 Å². The number of benzene rings is 1. The van der Waals surface area contributed by atoms with Crippen LogP contribution in [-0.2, 0) is 0 Å². The molecule has 1 nitrogen and oxygen atoms in total. The van der Waals surface area contributed by atoms with Gasteiger partial charge in [-0.2, -0.15) is 0 Å². The average Bonchev–Trinajstić information content (AvgIpc) is 2.55. The quantitative estimate of drug-likeness (QED) is 0.756. The Morgan fingerprint density at radius 1 is 1.31 bits per heavy atom. The molecule has 0 aromatic heterocycles. The van der Waals surface area contributed by atoms with E-state index in [0.29, 0.717) is 10.0 Å². The predicted octanol–water partition coefficient (Wildman–Crippen LogP) is 4.45. The Morgan fingerprint density at radius 2 is 2.12 bits per heavy atom. The molecule has 1 unspecified atom stereocenters. The van der Waals surface area contributed by atoms with Gasteiger partial charge in [0.05, 0.1) is 5.02 Å². The first-order valence-electron chi connectivity index (χ1n) is 5.57. The monoisotopic (exact) mass is 305 g/mol. The second-order valence-corrected chi connectivity index (χ2v) is 5.35. The van der Waals surface area contributed by atoms with Crippen molar-refractivity contribution >= 4 is 27.5 Å². The van der Waals surface area contributed by atoms with Crippen LogP contribution in [0, 0.1) is 5.82 Å². The first-order chi connectivity index (χ1) is 7.70. The maximum absolute atomic E-state index is 14.0. The zero-order chi connectivity index (χ0) is 11.5. The van der Waals surface area contributed by atoms with Crippen LogP contribution in [0.25, 0.3) is 0 Å². The largest absolute Gasteiger partial charge is 0.310 e. The van der Waals surface area contributed by atoms with Crippen LogP contribution >= 0.6 is 27.5 Å². The molecular formula is C12H14BrClFN. The van der Waals surface area contributed by atoms with Crippen LogP contribution in [0.5, 0.6) is 0 Å². The summed E-state index contributed by atoms with van der Waals surface area (Å²) < 4.78 is 14.6. The van der Waals surface area contributed by atoms with E-state index in [1.807, 2.05) is 12.1 Å². The summed E-state index contributed by atoms with van der Waals surface area (Å²) in [5.74, 6) is -0.296. The summed E-state index contributed by atoms with van der Waals surface area (Å²) in [5.41, 5.74) is 0.690. The van der Waals surface area contributed by atoms with E-state index in [1.165, 1.54) is 12.8 Å². The molecule has 16 heavy (non-hydrogen) atoms. The molecule has 0 amide bonds. The molecule has 0 radical (unpaired) electrons. The molecule has 1 saturated heterocycles. The fourth-order valence-corrected chi connectivity index (χ4v) is 2.58. The van der Waals surface area contributed by atoms with Crippen molar-refractivity contribution in [2.24, 2.45) is 0 Å². The van der Waals surface area contributed by atoms with Gasteiger partial charge in [-0.25, -0.2) is 4.39 Å². The van der Waals surface area contributed by atoms with E-state index in [2.05, 4.69) is 21.2 Å². The maximum atomic E-state index is 14.0. The molecule has 4 heteroatoms. The van der Waals surface area contributed by atoms with Crippen LogP contribution in [0.15, 0.2) is 16.6 Å². The molecule has 2 rings (SSSR count). The summed E-state index contributed by atoms with van der Waals surface area (Å²) in [5, 5.41) is 3.56. The van der Waals surface area contributed by atoms with Gasteiger partial charge in [-0.3, -0.25) is 0 Å². The standard InChI is InChI=1S/C12H14BrClFN/c13-9-6-5-8(12(15)11(9)14)10-4-2-1-3-7-16-10/h5-6,10,16H,1-4,7H2. The lowest BCUT2D eigenvalue weighted by atomic mass is 10.0. The van der Waals surface area contributed by atoms with Gasteiger partial charge in [0.25, 0.3) is 0 Å². The number of nitrogens with one attached hydrogen (secondary N) is 1. The van der Waals surface area contributed by atoms with Crippen LogP contribution in [0.2, 0.25) is 5.02 Å². The number of hydrogen-bond donors (Lipinski definition) is 1. The van der Waals surface area contributed by atoms with Crippen molar-refractivity contribution in [1.29, 1.82) is 0 Å². The third-order valence-electron chi connectivity index (χ3n) is 3.00. The minimum Gasteiger partial charge on any atom is -0.310 e. The van der Waals surface area contributed by atoms with Crippen LogP contribution in [0.3, 0.4) is 0 Å². The second-order valence-electron chi connectivity index (χ2n) is 4.12. The molecule has 88 valence electrons. The minimum absolute atomic E-state index is 0.105.